The van der Waals surface area contributed by atoms with Gasteiger partial charge in [-0.1, -0.05) is 18.2 Å². The first-order valence-corrected chi connectivity index (χ1v) is 10.2. The first-order chi connectivity index (χ1) is 15.0. The molecule has 1 unspecified atom stereocenters. The second kappa shape index (κ2) is 10.1. The third-order valence-corrected chi connectivity index (χ3v) is 5.16. The fourth-order valence-corrected chi connectivity index (χ4v) is 3.74. The molecule has 1 aliphatic heterocycles. The van der Waals surface area contributed by atoms with E-state index in [1.807, 2.05) is 19.1 Å². The summed E-state index contributed by atoms with van der Waals surface area (Å²) in [6.45, 7) is 3.15. The molecule has 31 heavy (non-hydrogen) atoms. The fraction of sp³-hybridized carbons (Fsp3) is 0.333. The average molecular weight is 425 g/mol. The molecule has 0 radical (unpaired) electrons. The van der Waals surface area contributed by atoms with E-state index in [0.717, 1.165) is 0 Å². The minimum atomic E-state index is -0.764. The van der Waals surface area contributed by atoms with Crippen molar-refractivity contribution in [2.75, 3.05) is 34.0 Å². The van der Waals surface area contributed by atoms with Crippen LogP contribution in [0.1, 0.15) is 30.5 Å². The Morgan fingerprint density at radius 3 is 2.42 bits per heavy atom. The van der Waals surface area contributed by atoms with E-state index >= 15 is 0 Å². The summed E-state index contributed by atoms with van der Waals surface area (Å²) in [5, 5.41) is 11.1. The zero-order chi connectivity index (χ0) is 22.4. The lowest BCUT2D eigenvalue weighted by molar-refractivity contribution is -0.140. The van der Waals surface area contributed by atoms with Gasteiger partial charge in [-0.05, 0) is 43.7 Å². The molecule has 7 nitrogen and oxygen atoms in total. The molecule has 1 fully saturated rings. The van der Waals surface area contributed by atoms with Crippen molar-refractivity contribution >= 4 is 17.4 Å². The van der Waals surface area contributed by atoms with E-state index in [-0.39, 0.29) is 11.3 Å². The molecule has 1 aliphatic rings. The van der Waals surface area contributed by atoms with Gasteiger partial charge in [-0.2, -0.15) is 0 Å². The van der Waals surface area contributed by atoms with Crippen LogP contribution in [0.2, 0.25) is 0 Å². The number of hydrogen-bond donors (Lipinski definition) is 1. The zero-order valence-corrected chi connectivity index (χ0v) is 18.0. The van der Waals surface area contributed by atoms with Gasteiger partial charge in [0.05, 0.1) is 25.3 Å². The lowest BCUT2D eigenvalue weighted by Crippen LogP contribution is -2.31. The number of benzene rings is 2. The number of Topliss-reactive ketones (excluding diaryl/α,β-unsaturated/α-hetero) is 1. The maximum atomic E-state index is 13.0. The highest BCUT2D eigenvalue weighted by Crippen LogP contribution is 2.42. The molecule has 1 saturated heterocycles. The van der Waals surface area contributed by atoms with Crippen LogP contribution >= 0.6 is 0 Å². The predicted molar refractivity (Wildman–Crippen MR) is 116 cm³/mol. The molecule has 164 valence electrons. The van der Waals surface area contributed by atoms with E-state index in [1.54, 1.807) is 43.5 Å². The van der Waals surface area contributed by atoms with E-state index in [2.05, 4.69) is 0 Å². The summed E-state index contributed by atoms with van der Waals surface area (Å²) < 4.78 is 16.0. The number of hydrogen-bond acceptors (Lipinski definition) is 6. The predicted octanol–water partition coefficient (Wildman–Crippen LogP) is 3.55. The average Bonchev–Trinajstić information content (AvgIpc) is 3.04. The van der Waals surface area contributed by atoms with E-state index in [4.69, 9.17) is 14.2 Å². The summed E-state index contributed by atoms with van der Waals surface area (Å²) in [6.07, 6.45) is 0.554. The van der Waals surface area contributed by atoms with Crippen LogP contribution < -0.4 is 9.47 Å². The second-order valence-electron chi connectivity index (χ2n) is 7.04. The molecule has 1 heterocycles. The second-order valence-corrected chi connectivity index (χ2v) is 7.04. The van der Waals surface area contributed by atoms with Crippen LogP contribution in [0.25, 0.3) is 5.76 Å². The van der Waals surface area contributed by atoms with Gasteiger partial charge >= 0.3 is 0 Å². The quantitative estimate of drug-likeness (QED) is 0.286. The number of nitrogens with zero attached hydrogens (tertiary/aromatic N) is 1. The van der Waals surface area contributed by atoms with Crippen molar-refractivity contribution in [3.05, 3.63) is 65.2 Å². The summed E-state index contributed by atoms with van der Waals surface area (Å²) in [6, 6.07) is 13.2. The first kappa shape index (κ1) is 22.4. The van der Waals surface area contributed by atoms with Gasteiger partial charge in [0, 0.05) is 31.4 Å². The van der Waals surface area contributed by atoms with Crippen LogP contribution in [0.4, 0.5) is 0 Å². The number of carbonyl (C=O) groups is 2. The van der Waals surface area contributed by atoms with Crippen LogP contribution in [0.15, 0.2) is 54.1 Å². The molecule has 2 aromatic rings. The van der Waals surface area contributed by atoms with Crippen LogP contribution in [-0.2, 0) is 14.3 Å². The highest BCUT2D eigenvalue weighted by molar-refractivity contribution is 6.46. The normalized spacial score (nSPS) is 17.8. The molecule has 0 aliphatic carbocycles. The van der Waals surface area contributed by atoms with Gasteiger partial charge in [0.2, 0.25) is 0 Å². The number of para-hydroxylation sites is 1. The number of carbonyl (C=O) groups excluding carboxylic acids is 2. The van der Waals surface area contributed by atoms with Crippen LogP contribution in [0.3, 0.4) is 0 Å². The van der Waals surface area contributed by atoms with Gasteiger partial charge < -0.3 is 24.2 Å². The Balaban J connectivity index is 2.11. The molecule has 7 heteroatoms. The number of rotatable bonds is 9. The minimum Gasteiger partial charge on any atom is -0.507 e. The minimum absolute atomic E-state index is 0.0380. The summed E-state index contributed by atoms with van der Waals surface area (Å²) in [7, 11) is 3.11. The Kier molecular flexibility index (Phi) is 7.31. The summed E-state index contributed by atoms with van der Waals surface area (Å²) >= 11 is 0. The molecule has 3 rings (SSSR count). The van der Waals surface area contributed by atoms with Crippen molar-refractivity contribution < 1.29 is 28.9 Å². The van der Waals surface area contributed by atoms with Crippen molar-refractivity contribution in [3.8, 4) is 11.5 Å². The lowest BCUT2D eigenvalue weighted by Gasteiger charge is -2.26. The molecule has 0 spiro atoms. The van der Waals surface area contributed by atoms with E-state index in [9.17, 15) is 14.7 Å². The summed E-state index contributed by atoms with van der Waals surface area (Å²) in [4.78, 5) is 27.4. The number of amides is 1. The highest BCUT2D eigenvalue weighted by Gasteiger charge is 2.46. The molecular formula is C24H27NO6. The monoisotopic (exact) mass is 425 g/mol. The van der Waals surface area contributed by atoms with Gasteiger partial charge in [-0.3, -0.25) is 9.59 Å². The van der Waals surface area contributed by atoms with E-state index in [1.165, 1.54) is 12.0 Å². The van der Waals surface area contributed by atoms with Crippen LogP contribution in [0, 0.1) is 0 Å². The smallest absolute Gasteiger partial charge is 0.295 e. The van der Waals surface area contributed by atoms with Gasteiger partial charge in [0.15, 0.2) is 0 Å². The number of likely N-dealkylation sites (tertiary alicyclic amines) is 1. The summed E-state index contributed by atoms with van der Waals surface area (Å²) in [5.74, 6) is -0.421. The number of ether oxygens (including phenoxy) is 3. The maximum Gasteiger partial charge on any atom is 0.295 e. The Labute approximate surface area is 181 Å². The van der Waals surface area contributed by atoms with Crippen molar-refractivity contribution in [1.29, 1.82) is 0 Å². The number of methoxy groups -OCH3 is 2. The van der Waals surface area contributed by atoms with Crippen LogP contribution in [0.5, 0.6) is 11.5 Å². The molecule has 0 saturated carbocycles. The largest absolute Gasteiger partial charge is 0.507 e. The first-order valence-electron chi connectivity index (χ1n) is 10.2. The standard InChI is InChI=1S/C24H27NO6/c1-4-31-17-12-10-16(11-13-17)22(26)20-21(18-8-5-6-9-19(18)30-3)25(14-7-15-29-2)24(28)23(20)27/h5-6,8-13,21,26H,4,7,14-15H2,1-3H3/b22-20-. The Morgan fingerprint density at radius 2 is 1.77 bits per heavy atom. The molecule has 1 N–H and O–H groups in total. The van der Waals surface area contributed by atoms with Crippen molar-refractivity contribution in [1.82, 2.24) is 4.90 Å². The van der Waals surface area contributed by atoms with Gasteiger partial charge in [0.25, 0.3) is 11.7 Å². The van der Waals surface area contributed by atoms with E-state index in [0.29, 0.717) is 48.8 Å². The van der Waals surface area contributed by atoms with Gasteiger partial charge in [-0.15, -0.1) is 0 Å². The molecular weight excluding hydrogens is 398 g/mol. The maximum absolute atomic E-state index is 13.0. The molecule has 0 aromatic heterocycles. The third-order valence-electron chi connectivity index (χ3n) is 5.16. The van der Waals surface area contributed by atoms with Crippen LogP contribution in [-0.4, -0.2) is 55.7 Å². The topological polar surface area (TPSA) is 85.3 Å². The fourth-order valence-electron chi connectivity index (χ4n) is 3.74. The Bertz CT molecular complexity index is 966. The van der Waals surface area contributed by atoms with E-state index < -0.39 is 17.7 Å². The number of aliphatic hydroxyl groups is 1. The SMILES string of the molecule is CCOc1ccc(/C(O)=C2/C(=O)C(=O)N(CCCOC)C2c2ccccc2OC)cc1. The molecule has 1 amide bonds. The van der Waals surface area contributed by atoms with Gasteiger partial charge in [0.1, 0.15) is 17.3 Å². The third kappa shape index (κ3) is 4.56. The molecule has 1 atom stereocenters. The van der Waals surface area contributed by atoms with Crippen molar-refractivity contribution in [2.24, 2.45) is 0 Å². The Morgan fingerprint density at radius 1 is 1.06 bits per heavy atom. The van der Waals surface area contributed by atoms with Crippen molar-refractivity contribution in [3.63, 3.8) is 0 Å². The summed E-state index contributed by atoms with van der Waals surface area (Å²) in [5.41, 5.74) is 1.10. The Hall–Kier alpha value is -3.32. The lowest BCUT2D eigenvalue weighted by atomic mass is 9.94. The molecule has 0 bridgehead atoms. The van der Waals surface area contributed by atoms with Gasteiger partial charge in [-0.25, -0.2) is 0 Å². The number of ketones is 1. The number of aliphatic hydroxyl groups excluding tert-OH is 1. The molecule has 2 aromatic carbocycles. The zero-order valence-electron chi connectivity index (χ0n) is 18.0. The van der Waals surface area contributed by atoms with Crippen molar-refractivity contribution in [2.45, 2.75) is 19.4 Å². The highest BCUT2D eigenvalue weighted by atomic mass is 16.5.